The van der Waals surface area contributed by atoms with Gasteiger partial charge in [-0.3, -0.25) is 4.79 Å². The molecule has 0 aliphatic heterocycles. The van der Waals surface area contributed by atoms with Crippen molar-refractivity contribution >= 4 is 17.2 Å². The molecule has 0 saturated carbocycles. The number of rotatable bonds is 7. The minimum Gasteiger partial charge on any atom is -0.484 e. The normalized spacial score (nSPS) is 10.5. The monoisotopic (exact) mass is 374 g/mol. The van der Waals surface area contributed by atoms with E-state index in [9.17, 15) is 13.6 Å². The molecule has 4 nitrogen and oxygen atoms in total. The highest BCUT2D eigenvalue weighted by atomic mass is 32.1. The number of nitrogens with one attached hydrogen (secondary N) is 1. The number of amides is 1. The van der Waals surface area contributed by atoms with E-state index in [1.54, 1.807) is 12.1 Å². The fourth-order valence-corrected chi connectivity index (χ4v) is 3.07. The predicted molar refractivity (Wildman–Crippen MR) is 96.1 cm³/mol. The van der Waals surface area contributed by atoms with Gasteiger partial charge in [-0.25, -0.2) is 13.8 Å². The first-order chi connectivity index (χ1) is 12.6. The lowest BCUT2D eigenvalue weighted by molar-refractivity contribution is -0.123. The van der Waals surface area contributed by atoms with E-state index in [0.717, 1.165) is 16.3 Å². The fourth-order valence-electron chi connectivity index (χ4n) is 2.21. The molecule has 26 heavy (non-hydrogen) atoms. The van der Waals surface area contributed by atoms with Gasteiger partial charge in [-0.2, -0.15) is 0 Å². The van der Waals surface area contributed by atoms with Crippen molar-refractivity contribution in [3.8, 4) is 16.3 Å². The quantitative estimate of drug-likeness (QED) is 0.684. The van der Waals surface area contributed by atoms with Gasteiger partial charge in [0.15, 0.2) is 6.61 Å². The van der Waals surface area contributed by atoms with Crippen LogP contribution in [0.5, 0.6) is 5.75 Å². The lowest BCUT2D eigenvalue weighted by Crippen LogP contribution is -2.30. The lowest BCUT2D eigenvalue weighted by atomic mass is 10.2. The first-order valence-corrected chi connectivity index (χ1v) is 8.83. The Morgan fingerprint density at radius 2 is 1.69 bits per heavy atom. The SMILES string of the molecule is O=C(COc1ccc(F)cc1)NCCc1csc(-c2ccc(F)cc2)n1. The minimum atomic E-state index is -0.356. The van der Waals surface area contributed by atoms with Gasteiger partial charge in [0.1, 0.15) is 22.4 Å². The van der Waals surface area contributed by atoms with Gasteiger partial charge in [-0.05, 0) is 48.5 Å². The predicted octanol–water partition coefficient (Wildman–Crippen LogP) is 3.83. The molecule has 3 rings (SSSR count). The number of benzene rings is 2. The molecule has 2 aromatic carbocycles. The molecule has 134 valence electrons. The summed E-state index contributed by atoms with van der Waals surface area (Å²) in [4.78, 5) is 16.3. The molecule has 1 heterocycles. The maximum atomic E-state index is 13.0. The summed E-state index contributed by atoms with van der Waals surface area (Å²) in [6, 6.07) is 11.7. The number of carbonyl (C=O) groups excluding carboxylic acids is 1. The van der Waals surface area contributed by atoms with Crippen LogP contribution in [0.25, 0.3) is 10.6 Å². The van der Waals surface area contributed by atoms with Crippen LogP contribution in [0.15, 0.2) is 53.9 Å². The summed E-state index contributed by atoms with van der Waals surface area (Å²) in [5, 5.41) is 5.47. The lowest BCUT2D eigenvalue weighted by Gasteiger charge is -2.06. The third-order valence-electron chi connectivity index (χ3n) is 3.53. The van der Waals surface area contributed by atoms with Crippen molar-refractivity contribution in [2.75, 3.05) is 13.2 Å². The summed E-state index contributed by atoms with van der Waals surface area (Å²) in [7, 11) is 0. The maximum Gasteiger partial charge on any atom is 0.257 e. The van der Waals surface area contributed by atoms with Crippen LogP contribution in [-0.2, 0) is 11.2 Å². The van der Waals surface area contributed by atoms with E-state index < -0.39 is 0 Å². The average Bonchev–Trinajstić information content (AvgIpc) is 3.11. The summed E-state index contributed by atoms with van der Waals surface area (Å²) in [6.07, 6.45) is 0.583. The van der Waals surface area contributed by atoms with Gasteiger partial charge in [0.2, 0.25) is 0 Å². The molecule has 0 saturated heterocycles. The number of ether oxygens (including phenoxy) is 1. The summed E-state index contributed by atoms with van der Waals surface area (Å²) in [5.41, 5.74) is 1.72. The van der Waals surface area contributed by atoms with Crippen molar-refractivity contribution in [3.05, 3.63) is 71.2 Å². The van der Waals surface area contributed by atoms with Gasteiger partial charge < -0.3 is 10.1 Å². The number of halogens is 2. The van der Waals surface area contributed by atoms with E-state index in [1.165, 1.54) is 47.7 Å². The highest BCUT2D eigenvalue weighted by Gasteiger charge is 2.07. The molecule has 0 aliphatic rings. The summed E-state index contributed by atoms with van der Waals surface area (Å²) in [5.74, 6) is -0.463. The van der Waals surface area contributed by atoms with Crippen LogP contribution in [0.1, 0.15) is 5.69 Å². The van der Waals surface area contributed by atoms with Crippen LogP contribution >= 0.6 is 11.3 Å². The standard InChI is InChI=1S/C19H16F2N2O2S/c20-14-3-1-13(2-4-14)19-23-16(12-26-19)9-10-22-18(24)11-25-17-7-5-15(21)6-8-17/h1-8,12H,9-11H2,(H,22,24). The summed E-state index contributed by atoms with van der Waals surface area (Å²) < 4.78 is 31.0. The van der Waals surface area contributed by atoms with Crippen molar-refractivity contribution in [3.63, 3.8) is 0 Å². The molecule has 3 aromatic rings. The summed E-state index contributed by atoms with van der Waals surface area (Å²) >= 11 is 1.47. The van der Waals surface area contributed by atoms with Crippen molar-refractivity contribution in [1.29, 1.82) is 0 Å². The van der Waals surface area contributed by atoms with Crippen molar-refractivity contribution in [2.24, 2.45) is 0 Å². The van der Waals surface area contributed by atoms with Crippen molar-refractivity contribution < 1.29 is 18.3 Å². The Labute approximate surface area is 153 Å². The molecule has 0 bridgehead atoms. The second-order valence-electron chi connectivity index (χ2n) is 5.49. The summed E-state index contributed by atoms with van der Waals surface area (Å²) in [6.45, 7) is 0.293. The highest BCUT2D eigenvalue weighted by molar-refractivity contribution is 7.13. The van der Waals surface area contributed by atoms with Crippen molar-refractivity contribution in [2.45, 2.75) is 6.42 Å². The second-order valence-corrected chi connectivity index (χ2v) is 6.35. The molecule has 1 aromatic heterocycles. The Kier molecular flexibility index (Phi) is 5.91. The Hall–Kier alpha value is -2.80. The van der Waals surface area contributed by atoms with E-state index >= 15 is 0 Å². The largest absolute Gasteiger partial charge is 0.484 e. The first kappa shape index (κ1) is 18.0. The number of aromatic nitrogens is 1. The van der Waals surface area contributed by atoms with Gasteiger partial charge in [-0.15, -0.1) is 11.3 Å². The Morgan fingerprint density at radius 3 is 2.38 bits per heavy atom. The number of thiazole rings is 1. The van der Waals surface area contributed by atoms with Crippen LogP contribution in [-0.4, -0.2) is 24.0 Å². The van der Waals surface area contributed by atoms with Gasteiger partial charge in [0, 0.05) is 23.9 Å². The van der Waals surface area contributed by atoms with E-state index in [2.05, 4.69) is 10.3 Å². The topological polar surface area (TPSA) is 51.2 Å². The molecule has 0 fully saturated rings. The number of nitrogens with zero attached hydrogens (tertiary/aromatic N) is 1. The smallest absolute Gasteiger partial charge is 0.257 e. The van der Waals surface area contributed by atoms with E-state index in [0.29, 0.717) is 18.7 Å². The van der Waals surface area contributed by atoms with Crippen LogP contribution in [0.3, 0.4) is 0 Å². The minimum absolute atomic E-state index is 0.135. The second kappa shape index (κ2) is 8.53. The molecule has 0 unspecified atom stereocenters. The van der Waals surface area contributed by atoms with Crippen LogP contribution in [0.2, 0.25) is 0 Å². The molecular weight excluding hydrogens is 358 g/mol. The zero-order valence-corrected chi connectivity index (χ0v) is 14.6. The molecule has 0 aliphatic carbocycles. The van der Waals surface area contributed by atoms with E-state index in [-0.39, 0.29) is 24.1 Å². The Morgan fingerprint density at radius 1 is 1.04 bits per heavy atom. The molecule has 7 heteroatoms. The zero-order chi connectivity index (χ0) is 18.4. The maximum absolute atomic E-state index is 13.0. The van der Waals surface area contributed by atoms with E-state index in [1.807, 2.05) is 5.38 Å². The number of hydrogen-bond acceptors (Lipinski definition) is 4. The van der Waals surface area contributed by atoms with Gasteiger partial charge in [-0.1, -0.05) is 0 Å². The molecule has 0 atom stereocenters. The Balaban J connectivity index is 1.42. The third kappa shape index (κ3) is 5.10. The highest BCUT2D eigenvalue weighted by Crippen LogP contribution is 2.23. The molecule has 1 N–H and O–H groups in total. The average molecular weight is 374 g/mol. The Bertz CT molecular complexity index is 864. The molecule has 0 spiro atoms. The van der Waals surface area contributed by atoms with Crippen molar-refractivity contribution in [1.82, 2.24) is 10.3 Å². The third-order valence-corrected chi connectivity index (χ3v) is 4.47. The number of carbonyl (C=O) groups is 1. The molecular formula is C19H16F2N2O2S. The van der Waals surface area contributed by atoms with Gasteiger partial charge >= 0.3 is 0 Å². The van der Waals surface area contributed by atoms with Gasteiger partial charge in [0.05, 0.1) is 5.69 Å². The zero-order valence-electron chi connectivity index (χ0n) is 13.7. The van der Waals surface area contributed by atoms with Crippen LogP contribution in [0, 0.1) is 11.6 Å². The molecule has 0 radical (unpaired) electrons. The fraction of sp³-hybridized carbons (Fsp3) is 0.158. The van der Waals surface area contributed by atoms with Crippen LogP contribution in [0.4, 0.5) is 8.78 Å². The molecule has 1 amide bonds. The van der Waals surface area contributed by atoms with Crippen LogP contribution < -0.4 is 10.1 Å². The van der Waals surface area contributed by atoms with E-state index in [4.69, 9.17) is 4.74 Å². The van der Waals surface area contributed by atoms with Gasteiger partial charge in [0.25, 0.3) is 5.91 Å². The first-order valence-electron chi connectivity index (χ1n) is 7.95. The number of hydrogen-bond donors (Lipinski definition) is 1.